The van der Waals surface area contributed by atoms with Crippen LogP contribution in [0.5, 0.6) is 0 Å². The van der Waals surface area contributed by atoms with Crippen LogP contribution in [0.15, 0.2) is 29.2 Å². The first-order chi connectivity index (χ1) is 8.66. The monoisotopic (exact) mass is 264 g/mol. The molecule has 0 radical (unpaired) electrons. The number of urea groups is 1. The number of carbonyl (C=O) groups is 1. The van der Waals surface area contributed by atoms with Crippen molar-refractivity contribution in [2.75, 3.05) is 5.32 Å². The second kappa shape index (κ2) is 6.14. The third kappa shape index (κ3) is 3.42. The van der Waals surface area contributed by atoms with Crippen molar-refractivity contribution < 1.29 is 4.79 Å². The average molecular weight is 264 g/mol. The molecule has 0 bridgehead atoms. The Morgan fingerprint density at radius 2 is 2.00 bits per heavy atom. The van der Waals surface area contributed by atoms with Gasteiger partial charge in [0, 0.05) is 10.9 Å². The standard InChI is InChI=1S/C14H20N2OS/c1-10-6-2-3-7-11(10)15-14(17)16-12-8-4-5-9-13(12)18/h4-5,8-11,18H,2-3,6-7H2,1H3,(H2,15,16,17). The first-order valence-corrected chi connectivity index (χ1v) is 6.97. The van der Waals surface area contributed by atoms with Crippen molar-refractivity contribution in [2.24, 2.45) is 5.92 Å². The zero-order valence-corrected chi connectivity index (χ0v) is 11.5. The van der Waals surface area contributed by atoms with Crippen LogP contribution >= 0.6 is 12.6 Å². The molecular weight excluding hydrogens is 244 g/mol. The maximum atomic E-state index is 11.9. The average Bonchev–Trinajstić information content (AvgIpc) is 2.35. The Kier molecular flexibility index (Phi) is 4.53. The van der Waals surface area contributed by atoms with Crippen LogP contribution in [0.4, 0.5) is 10.5 Å². The largest absolute Gasteiger partial charge is 0.335 e. The number of nitrogens with one attached hydrogen (secondary N) is 2. The molecule has 0 spiro atoms. The zero-order valence-electron chi connectivity index (χ0n) is 10.6. The van der Waals surface area contributed by atoms with Gasteiger partial charge in [0.25, 0.3) is 0 Å². The molecule has 1 saturated carbocycles. The van der Waals surface area contributed by atoms with E-state index < -0.39 is 0 Å². The predicted octanol–water partition coefficient (Wildman–Crippen LogP) is 3.68. The Balaban J connectivity index is 1.90. The maximum Gasteiger partial charge on any atom is 0.319 e. The van der Waals surface area contributed by atoms with Gasteiger partial charge in [0.2, 0.25) is 0 Å². The van der Waals surface area contributed by atoms with E-state index in [2.05, 4.69) is 30.2 Å². The maximum absolute atomic E-state index is 11.9. The number of hydrogen-bond acceptors (Lipinski definition) is 2. The highest BCUT2D eigenvalue weighted by atomic mass is 32.1. The zero-order chi connectivity index (χ0) is 13.0. The molecule has 4 heteroatoms. The Morgan fingerprint density at radius 3 is 2.72 bits per heavy atom. The van der Waals surface area contributed by atoms with Crippen LogP contribution in [0.3, 0.4) is 0 Å². The first-order valence-electron chi connectivity index (χ1n) is 6.52. The van der Waals surface area contributed by atoms with Gasteiger partial charge in [-0.15, -0.1) is 12.6 Å². The van der Waals surface area contributed by atoms with Gasteiger partial charge in [-0.2, -0.15) is 0 Å². The molecule has 1 aliphatic rings. The molecule has 2 unspecified atom stereocenters. The van der Waals surface area contributed by atoms with Crippen molar-refractivity contribution in [3.05, 3.63) is 24.3 Å². The van der Waals surface area contributed by atoms with E-state index in [9.17, 15) is 4.79 Å². The minimum atomic E-state index is -0.129. The Morgan fingerprint density at radius 1 is 1.28 bits per heavy atom. The summed E-state index contributed by atoms with van der Waals surface area (Å²) in [5.41, 5.74) is 0.752. The molecule has 1 aliphatic carbocycles. The van der Waals surface area contributed by atoms with Gasteiger partial charge < -0.3 is 10.6 Å². The summed E-state index contributed by atoms with van der Waals surface area (Å²) in [7, 11) is 0. The fourth-order valence-electron chi connectivity index (χ4n) is 2.44. The second-order valence-electron chi connectivity index (χ2n) is 4.98. The van der Waals surface area contributed by atoms with Crippen molar-refractivity contribution in [3.63, 3.8) is 0 Å². The third-order valence-corrected chi connectivity index (χ3v) is 3.97. The van der Waals surface area contributed by atoms with E-state index in [0.717, 1.165) is 17.0 Å². The fourth-order valence-corrected chi connectivity index (χ4v) is 2.65. The van der Waals surface area contributed by atoms with Crippen LogP contribution < -0.4 is 10.6 Å². The molecule has 2 amide bonds. The van der Waals surface area contributed by atoms with Crippen molar-refractivity contribution in [2.45, 2.75) is 43.5 Å². The van der Waals surface area contributed by atoms with Crippen LogP contribution in [0.2, 0.25) is 0 Å². The molecule has 0 aliphatic heterocycles. The molecule has 2 atom stereocenters. The minimum Gasteiger partial charge on any atom is -0.335 e. The quantitative estimate of drug-likeness (QED) is 0.701. The van der Waals surface area contributed by atoms with Gasteiger partial charge in [0.15, 0.2) is 0 Å². The molecule has 1 fully saturated rings. The van der Waals surface area contributed by atoms with Gasteiger partial charge in [-0.1, -0.05) is 31.9 Å². The van der Waals surface area contributed by atoms with Crippen LogP contribution in [-0.2, 0) is 0 Å². The number of carbonyl (C=O) groups excluding carboxylic acids is 1. The lowest BCUT2D eigenvalue weighted by Crippen LogP contribution is -2.43. The molecule has 0 heterocycles. The minimum absolute atomic E-state index is 0.129. The van der Waals surface area contributed by atoms with Gasteiger partial charge in [0.1, 0.15) is 0 Å². The smallest absolute Gasteiger partial charge is 0.319 e. The van der Waals surface area contributed by atoms with E-state index in [-0.39, 0.29) is 6.03 Å². The summed E-state index contributed by atoms with van der Waals surface area (Å²) in [5, 5.41) is 5.91. The molecule has 0 saturated heterocycles. The number of amides is 2. The van der Waals surface area contributed by atoms with E-state index in [1.54, 1.807) is 0 Å². The lowest BCUT2D eigenvalue weighted by atomic mass is 9.86. The van der Waals surface area contributed by atoms with Crippen LogP contribution in [0.1, 0.15) is 32.6 Å². The highest BCUT2D eigenvalue weighted by Gasteiger charge is 2.22. The van der Waals surface area contributed by atoms with E-state index in [4.69, 9.17) is 0 Å². The molecule has 1 aromatic carbocycles. The summed E-state index contributed by atoms with van der Waals surface area (Å²) in [4.78, 5) is 12.7. The summed E-state index contributed by atoms with van der Waals surface area (Å²) < 4.78 is 0. The fraction of sp³-hybridized carbons (Fsp3) is 0.500. The molecule has 3 nitrogen and oxygen atoms in total. The van der Waals surface area contributed by atoms with Crippen LogP contribution in [0, 0.1) is 5.92 Å². The molecule has 18 heavy (non-hydrogen) atoms. The number of thiol groups is 1. The SMILES string of the molecule is CC1CCCCC1NC(=O)Nc1ccccc1S. The number of hydrogen-bond donors (Lipinski definition) is 3. The second-order valence-corrected chi connectivity index (χ2v) is 5.47. The number of rotatable bonds is 2. The van der Waals surface area contributed by atoms with Gasteiger partial charge >= 0.3 is 6.03 Å². The van der Waals surface area contributed by atoms with Gasteiger partial charge in [-0.05, 0) is 30.9 Å². The van der Waals surface area contributed by atoms with Gasteiger partial charge in [-0.25, -0.2) is 4.79 Å². The van der Waals surface area contributed by atoms with Crippen molar-refractivity contribution in [1.29, 1.82) is 0 Å². The first kappa shape index (κ1) is 13.3. The molecule has 0 aromatic heterocycles. The van der Waals surface area contributed by atoms with Gasteiger partial charge in [-0.3, -0.25) is 0 Å². The third-order valence-electron chi connectivity index (χ3n) is 3.58. The number of para-hydroxylation sites is 1. The molecule has 98 valence electrons. The number of benzene rings is 1. The summed E-state index contributed by atoms with van der Waals surface area (Å²) in [5.74, 6) is 0.566. The lowest BCUT2D eigenvalue weighted by molar-refractivity contribution is 0.232. The highest BCUT2D eigenvalue weighted by Crippen LogP contribution is 2.24. The van der Waals surface area contributed by atoms with Crippen LogP contribution in [-0.4, -0.2) is 12.1 Å². The molecule has 2 rings (SSSR count). The topological polar surface area (TPSA) is 41.1 Å². The lowest BCUT2D eigenvalue weighted by Gasteiger charge is -2.29. The van der Waals surface area contributed by atoms with Crippen molar-refractivity contribution >= 4 is 24.3 Å². The Bertz CT molecular complexity index is 422. The molecule has 2 N–H and O–H groups in total. The number of anilines is 1. The van der Waals surface area contributed by atoms with E-state index in [1.165, 1.54) is 19.3 Å². The highest BCUT2D eigenvalue weighted by molar-refractivity contribution is 7.80. The molecule has 1 aromatic rings. The van der Waals surface area contributed by atoms with E-state index in [0.29, 0.717) is 12.0 Å². The summed E-state index contributed by atoms with van der Waals surface area (Å²) in [6.45, 7) is 2.21. The van der Waals surface area contributed by atoms with Crippen molar-refractivity contribution in [3.8, 4) is 0 Å². The predicted molar refractivity (Wildman–Crippen MR) is 77.3 cm³/mol. The van der Waals surface area contributed by atoms with Crippen molar-refractivity contribution in [1.82, 2.24) is 5.32 Å². The van der Waals surface area contributed by atoms with Gasteiger partial charge in [0.05, 0.1) is 5.69 Å². The van der Waals surface area contributed by atoms with E-state index in [1.807, 2.05) is 24.3 Å². The van der Waals surface area contributed by atoms with E-state index >= 15 is 0 Å². The Hall–Kier alpha value is -1.16. The van der Waals surface area contributed by atoms with Crippen LogP contribution in [0.25, 0.3) is 0 Å². The normalized spacial score (nSPS) is 23.4. The summed E-state index contributed by atoms with van der Waals surface area (Å²) in [6, 6.07) is 7.67. The molecular formula is C14H20N2OS. The summed E-state index contributed by atoms with van der Waals surface area (Å²) in [6.07, 6.45) is 4.77. The Labute approximate surface area is 114 Å². The summed E-state index contributed by atoms with van der Waals surface area (Å²) >= 11 is 4.31.